The van der Waals surface area contributed by atoms with Gasteiger partial charge in [0.25, 0.3) is 17.4 Å². The van der Waals surface area contributed by atoms with Crippen molar-refractivity contribution in [2.75, 3.05) is 0 Å². The van der Waals surface area contributed by atoms with Gasteiger partial charge in [-0.3, -0.25) is 19.3 Å². The Hall–Kier alpha value is -3.54. The van der Waals surface area contributed by atoms with E-state index in [1.807, 2.05) is 0 Å². The van der Waals surface area contributed by atoms with Crippen LogP contribution in [-0.2, 0) is 6.54 Å². The first-order chi connectivity index (χ1) is 12.1. The molecule has 3 aromatic rings. The van der Waals surface area contributed by atoms with E-state index >= 15 is 0 Å². The second kappa shape index (κ2) is 5.52. The highest BCUT2D eigenvalue weighted by atomic mass is 16.2. The van der Waals surface area contributed by atoms with E-state index in [1.165, 1.54) is 0 Å². The van der Waals surface area contributed by atoms with Crippen molar-refractivity contribution in [2.45, 2.75) is 6.54 Å². The number of H-pyrrole nitrogens is 1. The molecule has 122 valence electrons. The van der Waals surface area contributed by atoms with E-state index in [4.69, 9.17) is 0 Å². The molecule has 2 aromatic carbocycles. The van der Waals surface area contributed by atoms with Gasteiger partial charge in [-0.1, -0.05) is 30.9 Å². The van der Waals surface area contributed by atoms with Gasteiger partial charge in [0, 0.05) is 5.39 Å². The number of carbonyl (C=O) groups is 2. The molecular weight excluding hydrogens is 318 g/mol. The number of amides is 2. The molecule has 0 saturated carbocycles. The number of aromatic nitrogens is 2. The van der Waals surface area contributed by atoms with Crippen LogP contribution in [0.3, 0.4) is 0 Å². The molecule has 0 bridgehead atoms. The highest BCUT2D eigenvalue weighted by molar-refractivity contribution is 6.21. The Morgan fingerprint density at radius 2 is 1.68 bits per heavy atom. The third kappa shape index (κ3) is 2.27. The Labute approximate surface area is 142 Å². The molecule has 6 heteroatoms. The molecule has 1 N–H and O–H groups in total. The van der Waals surface area contributed by atoms with E-state index in [1.54, 1.807) is 48.5 Å². The van der Waals surface area contributed by atoms with Crippen LogP contribution >= 0.6 is 0 Å². The molecule has 1 aromatic heterocycles. The summed E-state index contributed by atoms with van der Waals surface area (Å²) in [5, 5.41) is 7.53. The first-order valence-electron chi connectivity index (χ1n) is 7.69. The van der Waals surface area contributed by atoms with Crippen LogP contribution in [0.25, 0.3) is 16.8 Å². The maximum Gasteiger partial charge on any atom is 0.272 e. The number of carbonyl (C=O) groups excluding carboxylic acids is 2. The van der Waals surface area contributed by atoms with Crippen molar-refractivity contribution in [2.24, 2.45) is 0 Å². The molecule has 25 heavy (non-hydrogen) atoms. The van der Waals surface area contributed by atoms with E-state index in [9.17, 15) is 14.4 Å². The van der Waals surface area contributed by atoms with Crippen LogP contribution in [0.5, 0.6) is 0 Å². The van der Waals surface area contributed by atoms with Gasteiger partial charge in [0.15, 0.2) is 0 Å². The number of nitrogens with one attached hydrogen (secondary N) is 1. The van der Waals surface area contributed by atoms with Crippen LogP contribution in [-0.4, -0.2) is 26.9 Å². The standard InChI is InChI=1S/C19H13N3O3/c1-2-11-7-8-12-15(9-11)16(20-21-17(12)23)10-22-18(24)13-5-3-4-6-14(13)19(22)25/h2-9H,1,10H2,(H,21,23). The summed E-state index contributed by atoms with van der Waals surface area (Å²) in [6, 6.07) is 11.9. The molecule has 6 nitrogen and oxygen atoms in total. The zero-order valence-corrected chi connectivity index (χ0v) is 13.2. The van der Waals surface area contributed by atoms with Crippen molar-refractivity contribution < 1.29 is 9.59 Å². The van der Waals surface area contributed by atoms with E-state index in [0.29, 0.717) is 27.6 Å². The molecule has 0 unspecified atom stereocenters. The highest BCUT2D eigenvalue weighted by Crippen LogP contribution is 2.25. The first kappa shape index (κ1) is 15.0. The number of rotatable bonds is 3. The molecule has 0 spiro atoms. The Morgan fingerprint density at radius 1 is 1.00 bits per heavy atom. The summed E-state index contributed by atoms with van der Waals surface area (Å²) in [4.78, 5) is 38.2. The van der Waals surface area contributed by atoms with Gasteiger partial charge in [-0.2, -0.15) is 5.10 Å². The van der Waals surface area contributed by atoms with Crippen molar-refractivity contribution in [3.63, 3.8) is 0 Å². The van der Waals surface area contributed by atoms with Gasteiger partial charge < -0.3 is 0 Å². The number of aromatic amines is 1. The SMILES string of the molecule is C=Cc1ccc2c(=O)[nH]nc(CN3C(=O)c4ccccc4C3=O)c2c1. The van der Waals surface area contributed by atoms with E-state index in [2.05, 4.69) is 16.8 Å². The minimum atomic E-state index is -0.360. The fourth-order valence-electron chi connectivity index (χ4n) is 3.02. The molecule has 1 aliphatic rings. The monoisotopic (exact) mass is 331 g/mol. The second-order valence-electron chi connectivity index (χ2n) is 5.75. The lowest BCUT2D eigenvalue weighted by Crippen LogP contribution is -2.30. The number of hydrogen-bond acceptors (Lipinski definition) is 4. The molecule has 2 heterocycles. The predicted molar refractivity (Wildman–Crippen MR) is 93.1 cm³/mol. The van der Waals surface area contributed by atoms with Crippen molar-refractivity contribution in [3.8, 4) is 0 Å². The molecule has 0 radical (unpaired) electrons. The second-order valence-corrected chi connectivity index (χ2v) is 5.75. The van der Waals surface area contributed by atoms with Crippen molar-refractivity contribution >= 4 is 28.7 Å². The minimum absolute atomic E-state index is 0.0137. The quantitative estimate of drug-likeness (QED) is 0.747. The summed E-state index contributed by atoms with van der Waals surface area (Å²) in [5.41, 5.74) is 1.72. The summed E-state index contributed by atoms with van der Waals surface area (Å²) in [6.45, 7) is 3.71. The third-order valence-corrected chi connectivity index (χ3v) is 4.31. The number of nitrogens with zero attached hydrogens (tertiary/aromatic N) is 2. The van der Waals surface area contributed by atoms with Gasteiger partial charge in [-0.15, -0.1) is 0 Å². The minimum Gasteiger partial charge on any atom is -0.269 e. The van der Waals surface area contributed by atoms with Crippen LogP contribution in [0.15, 0.2) is 53.8 Å². The van der Waals surface area contributed by atoms with Crippen LogP contribution < -0.4 is 5.56 Å². The molecule has 0 fully saturated rings. The molecule has 0 atom stereocenters. The Bertz CT molecular complexity index is 1080. The molecule has 2 amide bonds. The Balaban J connectivity index is 1.81. The lowest BCUT2D eigenvalue weighted by atomic mass is 10.1. The van der Waals surface area contributed by atoms with Crippen molar-refractivity contribution in [1.82, 2.24) is 15.1 Å². The fraction of sp³-hybridized carbons (Fsp3) is 0.0526. The lowest BCUT2D eigenvalue weighted by Gasteiger charge is -2.14. The average Bonchev–Trinajstić information content (AvgIpc) is 2.89. The zero-order valence-electron chi connectivity index (χ0n) is 13.2. The maximum absolute atomic E-state index is 12.5. The number of hydrogen-bond donors (Lipinski definition) is 1. The summed E-state index contributed by atoms with van der Waals surface area (Å²) < 4.78 is 0. The smallest absolute Gasteiger partial charge is 0.269 e. The third-order valence-electron chi connectivity index (χ3n) is 4.31. The van der Waals surface area contributed by atoms with Gasteiger partial charge in [0.05, 0.1) is 28.8 Å². The van der Waals surface area contributed by atoms with Crippen molar-refractivity contribution in [3.05, 3.63) is 81.8 Å². The molecule has 0 saturated heterocycles. The summed E-state index contributed by atoms with van der Waals surface area (Å²) in [6.07, 6.45) is 1.66. The van der Waals surface area contributed by atoms with Crippen LogP contribution in [0, 0.1) is 0 Å². The van der Waals surface area contributed by atoms with Crippen molar-refractivity contribution in [1.29, 1.82) is 0 Å². The van der Waals surface area contributed by atoms with Crippen LogP contribution in [0.4, 0.5) is 0 Å². The maximum atomic E-state index is 12.5. The summed E-state index contributed by atoms with van der Waals surface area (Å²) in [7, 11) is 0. The Morgan fingerprint density at radius 3 is 2.32 bits per heavy atom. The summed E-state index contributed by atoms with van der Waals surface area (Å²) >= 11 is 0. The molecule has 1 aliphatic heterocycles. The van der Waals surface area contributed by atoms with Gasteiger partial charge in [-0.25, -0.2) is 5.10 Å². The summed E-state index contributed by atoms with van der Waals surface area (Å²) in [5.74, 6) is -0.719. The Kier molecular flexibility index (Phi) is 3.32. The number of imide groups is 1. The molecule has 0 aliphatic carbocycles. The topological polar surface area (TPSA) is 83.1 Å². The van der Waals surface area contributed by atoms with E-state index < -0.39 is 0 Å². The fourth-order valence-corrected chi connectivity index (χ4v) is 3.02. The van der Waals surface area contributed by atoms with E-state index in [0.717, 1.165) is 10.5 Å². The van der Waals surface area contributed by atoms with Crippen LogP contribution in [0.2, 0.25) is 0 Å². The van der Waals surface area contributed by atoms with Gasteiger partial charge >= 0.3 is 0 Å². The molecule has 4 rings (SSSR count). The number of benzene rings is 2. The normalized spacial score (nSPS) is 13.4. The zero-order chi connectivity index (χ0) is 17.6. The predicted octanol–water partition coefficient (Wildman–Crippen LogP) is 2.36. The van der Waals surface area contributed by atoms with E-state index in [-0.39, 0.29) is 23.9 Å². The first-order valence-corrected chi connectivity index (χ1v) is 7.69. The average molecular weight is 331 g/mol. The van der Waals surface area contributed by atoms with Gasteiger partial charge in [0.2, 0.25) is 0 Å². The van der Waals surface area contributed by atoms with Gasteiger partial charge in [0.1, 0.15) is 0 Å². The largest absolute Gasteiger partial charge is 0.272 e. The lowest BCUT2D eigenvalue weighted by molar-refractivity contribution is 0.0641. The molecular formula is C19H13N3O3. The van der Waals surface area contributed by atoms with Crippen LogP contribution in [0.1, 0.15) is 32.0 Å². The number of fused-ring (bicyclic) bond motifs is 2. The van der Waals surface area contributed by atoms with Gasteiger partial charge in [-0.05, 0) is 29.8 Å². The highest BCUT2D eigenvalue weighted by Gasteiger charge is 2.35.